The van der Waals surface area contributed by atoms with E-state index in [9.17, 15) is 14.0 Å². The summed E-state index contributed by atoms with van der Waals surface area (Å²) in [5.74, 6) is -0.324. The van der Waals surface area contributed by atoms with Gasteiger partial charge in [0, 0.05) is 26.6 Å². The first kappa shape index (κ1) is 21.0. The highest BCUT2D eigenvalue weighted by Gasteiger charge is 2.53. The lowest BCUT2D eigenvalue weighted by Crippen LogP contribution is -2.58. The zero-order valence-electron chi connectivity index (χ0n) is 17.3. The zero-order valence-corrected chi connectivity index (χ0v) is 17.3. The SMILES string of the molecule is CN1N=C2CCN(C(=O)C(N)COc3ccc(F)cc3)C[C@@]2(Cc2ccccc2)C1=O. The minimum Gasteiger partial charge on any atom is -0.491 e. The van der Waals surface area contributed by atoms with Crippen LogP contribution in [0.25, 0.3) is 0 Å². The van der Waals surface area contributed by atoms with Crippen molar-refractivity contribution in [1.82, 2.24) is 9.91 Å². The Balaban J connectivity index is 1.48. The van der Waals surface area contributed by atoms with Gasteiger partial charge in [0.2, 0.25) is 5.91 Å². The van der Waals surface area contributed by atoms with Crippen molar-refractivity contribution in [3.63, 3.8) is 0 Å². The molecule has 0 radical (unpaired) electrons. The number of rotatable bonds is 6. The Hall–Kier alpha value is -3.26. The minimum atomic E-state index is -0.897. The monoisotopic (exact) mass is 424 g/mol. The van der Waals surface area contributed by atoms with Crippen LogP contribution >= 0.6 is 0 Å². The summed E-state index contributed by atoms with van der Waals surface area (Å²) < 4.78 is 18.6. The number of fused-ring (bicyclic) bond motifs is 1. The van der Waals surface area contributed by atoms with E-state index in [-0.39, 0.29) is 30.8 Å². The third kappa shape index (κ3) is 4.16. The van der Waals surface area contributed by atoms with Gasteiger partial charge in [0.15, 0.2) is 0 Å². The number of hydrogen-bond acceptors (Lipinski definition) is 5. The Morgan fingerprint density at radius 1 is 1.23 bits per heavy atom. The van der Waals surface area contributed by atoms with E-state index in [1.54, 1.807) is 11.9 Å². The molecule has 2 aliphatic heterocycles. The molecule has 4 rings (SSSR count). The van der Waals surface area contributed by atoms with Gasteiger partial charge in [-0.25, -0.2) is 9.40 Å². The van der Waals surface area contributed by atoms with Crippen LogP contribution in [-0.2, 0) is 16.0 Å². The number of halogens is 1. The second-order valence-electron chi connectivity index (χ2n) is 8.00. The summed E-state index contributed by atoms with van der Waals surface area (Å²) in [5, 5.41) is 5.84. The maximum absolute atomic E-state index is 13.1. The zero-order chi connectivity index (χ0) is 22.0. The Kier molecular flexibility index (Phi) is 5.73. The third-order valence-electron chi connectivity index (χ3n) is 5.83. The molecule has 2 N–H and O–H groups in total. The van der Waals surface area contributed by atoms with Gasteiger partial charge in [-0.05, 0) is 36.2 Å². The molecule has 2 heterocycles. The summed E-state index contributed by atoms with van der Waals surface area (Å²) in [6.07, 6.45) is 0.987. The van der Waals surface area contributed by atoms with Crippen LogP contribution < -0.4 is 10.5 Å². The highest BCUT2D eigenvalue weighted by Crippen LogP contribution is 2.38. The smallest absolute Gasteiger partial charge is 0.256 e. The summed E-state index contributed by atoms with van der Waals surface area (Å²) in [6, 6.07) is 14.4. The number of likely N-dealkylation sites (tertiary alicyclic amines) is 1. The van der Waals surface area contributed by atoms with Gasteiger partial charge in [0.25, 0.3) is 5.91 Å². The summed E-state index contributed by atoms with van der Waals surface area (Å²) in [6.45, 7) is 0.633. The molecule has 0 spiro atoms. The van der Waals surface area contributed by atoms with Crippen LogP contribution in [0.3, 0.4) is 0 Å². The molecule has 2 amide bonds. The van der Waals surface area contributed by atoms with Crippen LogP contribution in [0.1, 0.15) is 12.0 Å². The molecule has 0 aromatic heterocycles. The lowest BCUT2D eigenvalue weighted by molar-refractivity contribution is -0.140. The normalized spacial score (nSPS) is 21.5. The molecule has 2 aromatic carbocycles. The van der Waals surface area contributed by atoms with Crippen LogP contribution in [0.4, 0.5) is 4.39 Å². The van der Waals surface area contributed by atoms with Crippen molar-refractivity contribution in [2.45, 2.75) is 18.9 Å². The van der Waals surface area contributed by atoms with E-state index in [0.29, 0.717) is 25.1 Å². The van der Waals surface area contributed by atoms with Crippen molar-refractivity contribution in [3.8, 4) is 5.75 Å². The summed E-state index contributed by atoms with van der Waals surface area (Å²) in [7, 11) is 1.65. The first-order valence-electron chi connectivity index (χ1n) is 10.2. The van der Waals surface area contributed by atoms with Crippen molar-refractivity contribution >= 4 is 17.5 Å². The van der Waals surface area contributed by atoms with Gasteiger partial charge < -0.3 is 15.4 Å². The number of carbonyl (C=O) groups excluding carboxylic acids is 2. The number of amides is 2. The molecule has 0 aliphatic carbocycles. The molecule has 2 atom stereocenters. The van der Waals surface area contributed by atoms with E-state index in [1.165, 1.54) is 29.3 Å². The number of hydrazone groups is 1. The van der Waals surface area contributed by atoms with Gasteiger partial charge >= 0.3 is 0 Å². The van der Waals surface area contributed by atoms with Crippen molar-refractivity contribution < 1.29 is 18.7 Å². The van der Waals surface area contributed by atoms with Crippen molar-refractivity contribution in [2.24, 2.45) is 16.3 Å². The predicted molar refractivity (Wildman–Crippen MR) is 114 cm³/mol. The van der Waals surface area contributed by atoms with Crippen LogP contribution in [0.5, 0.6) is 5.75 Å². The van der Waals surface area contributed by atoms with Crippen LogP contribution in [0.2, 0.25) is 0 Å². The second kappa shape index (κ2) is 8.47. The molecular weight excluding hydrogens is 399 g/mol. The number of benzene rings is 2. The van der Waals surface area contributed by atoms with E-state index in [4.69, 9.17) is 10.5 Å². The summed E-state index contributed by atoms with van der Waals surface area (Å²) in [4.78, 5) is 27.8. The molecule has 2 aromatic rings. The number of ether oxygens (including phenoxy) is 1. The Morgan fingerprint density at radius 2 is 1.94 bits per heavy atom. The first-order chi connectivity index (χ1) is 14.9. The van der Waals surface area contributed by atoms with E-state index in [1.807, 2.05) is 30.3 Å². The summed E-state index contributed by atoms with van der Waals surface area (Å²) in [5.41, 5.74) is 7.05. The molecule has 8 heteroatoms. The van der Waals surface area contributed by atoms with Crippen LogP contribution in [0.15, 0.2) is 59.7 Å². The Labute approximate surface area is 180 Å². The lowest BCUT2D eigenvalue weighted by atomic mass is 9.73. The largest absolute Gasteiger partial charge is 0.491 e. The fourth-order valence-corrected chi connectivity index (χ4v) is 4.24. The van der Waals surface area contributed by atoms with Gasteiger partial charge in [0.1, 0.15) is 29.6 Å². The topological polar surface area (TPSA) is 88.2 Å². The fraction of sp³-hybridized carbons (Fsp3) is 0.348. The van der Waals surface area contributed by atoms with Crippen LogP contribution in [0, 0.1) is 11.2 Å². The van der Waals surface area contributed by atoms with Crippen molar-refractivity contribution in [3.05, 3.63) is 66.0 Å². The van der Waals surface area contributed by atoms with E-state index in [2.05, 4.69) is 5.10 Å². The molecule has 2 aliphatic rings. The van der Waals surface area contributed by atoms with Gasteiger partial charge in [-0.1, -0.05) is 30.3 Å². The van der Waals surface area contributed by atoms with E-state index < -0.39 is 11.5 Å². The summed E-state index contributed by atoms with van der Waals surface area (Å²) >= 11 is 0. The van der Waals surface area contributed by atoms with Gasteiger partial charge in [-0.2, -0.15) is 5.10 Å². The number of piperidine rings is 1. The number of hydrogen-bond donors (Lipinski definition) is 1. The molecule has 0 bridgehead atoms. The van der Waals surface area contributed by atoms with Gasteiger partial charge in [0.05, 0.1) is 5.71 Å². The average Bonchev–Trinajstić information content (AvgIpc) is 3.02. The van der Waals surface area contributed by atoms with Gasteiger partial charge in [-0.15, -0.1) is 0 Å². The maximum atomic E-state index is 13.1. The molecule has 1 unspecified atom stereocenters. The van der Waals surface area contributed by atoms with Crippen molar-refractivity contribution in [2.75, 3.05) is 26.7 Å². The second-order valence-corrected chi connectivity index (χ2v) is 8.00. The molecule has 1 fully saturated rings. The quantitative estimate of drug-likeness (QED) is 0.766. The Morgan fingerprint density at radius 3 is 2.65 bits per heavy atom. The molecule has 1 saturated heterocycles. The first-order valence-corrected chi connectivity index (χ1v) is 10.2. The van der Waals surface area contributed by atoms with Crippen molar-refractivity contribution in [1.29, 1.82) is 0 Å². The molecule has 31 heavy (non-hydrogen) atoms. The molecular formula is C23H25FN4O3. The number of carbonyl (C=O) groups is 2. The van der Waals surface area contributed by atoms with E-state index >= 15 is 0 Å². The van der Waals surface area contributed by atoms with E-state index in [0.717, 1.165) is 11.3 Å². The average molecular weight is 424 g/mol. The van der Waals surface area contributed by atoms with Gasteiger partial charge in [-0.3, -0.25) is 9.59 Å². The highest BCUT2D eigenvalue weighted by atomic mass is 19.1. The third-order valence-corrected chi connectivity index (χ3v) is 5.83. The fourth-order valence-electron chi connectivity index (χ4n) is 4.24. The number of nitrogens with zero attached hydrogens (tertiary/aromatic N) is 3. The maximum Gasteiger partial charge on any atom is 0.256 e. The lowest BCUT2D eigenvalue weighted by Gasteiger charge is -2.40. The minimum absolute atomic E-state index is 0.0402. The predicted octanol–water partition coefficient (Wildman–Crippen LogP) is 1.82. The van der Waals surface area contributed by atoms with Crippen LogP contribution in [-0.4, -0.2) is 60.2 Å². The highest BCUT2D eigenvalue weighted by molar-refractivity contribution is 6.13. The molecule has 0 saturated carbocycles. The Bertz CT molecular complexity index is 996. The standard InChI is InChI=1S/C23H25FN4O3/c1-27-22(30)23(13-16-5-3-2-4-6-16)15-28(12-11-20(23)26-27)21(29)19(25)14-31-18-9-7-17(24)8-10-18/h2-10,19H,11-15,25H2,1H3/t19?,23-/m1/s1. The molecule has 162 valence electrons. The molecule has 7 nitrogen and oxygen atoms in total. The number of nitrogens with two attached hydrogens (primary N) is 1.